The Morgan fingerprint density at radius 3 is 2.62 bits per heavy atom. The van der Waals surface area contributed by atoms with E-state index in [0.29, 0.717) is 18.9 Å². The molecule has 0 aromatic carbocycles. The number of piperidine rings is 1. The molecule has 0 aromatic rings. The van der Waals surface area contributed by atoms with Gasteiger partial charge in [0.2, 0.25) is 0 Å². The van der Waals surface area contributed by atoms with Crippen LogP contribution in [0, 0.1) is 5.92 Å². The fourth-order valence-corrected chi connectivity index (χ4v) is 3.75. The zero-order chi connectivity index (χ0) is 15.3. The molecule has 1 aliphatic heterocycles. The van der Waals surface area contributed by atoms with Gasteiger partial charge in [-0.1, -0.05) is 12.8 Å². The lowest BCUT2D eigenvalue weighted by atomic mass is 9.85. The maximum absolute atomic E-state index is 12.8. The summed E-state index contributed by atoms with van der Waals surface area (Å²) in [5, 5.41) is 3.35. The summed E-state index contributed by atoms with van der Waals surface area (Å²) in [7, 11) is 0. The van der Waals surface area contributed by atoms with Crippen molar-refractivity contribution in [3.63, 3.8) is 0 Å². The molecule has 0 aromatic heterocycles. The van der Waals surface area contributed by atoms with Gasteiger partial charge in [0.25, 0.3) is 0 Å². The molecule has 1 saturated heterocycles. The summed E-state index contributed by atoms with van der Waals surface area (Å²) in [4.78, 5) is 2.52. The van der Waals surface area contributed by atoms with Crippen LogP contribution < -0.4 is 5.32 Å². The number of nitrogens with zero attached hydrogens (tertiary/aromatic N) is 1. The first-order chi connectivity index (χ1) is 9.97. The summed E-state index contributed by atoms with van der Waals surface area (Å²) in [5.41, 5.74) is 0. The normalized spacial score (nSPS) is 32.3. The van der Waals surface area contributed by atoms with Crippen molar-refractivity contribution in [2.45, 2.75) is 76.6 Å². The summed E-state index contributed by atoms with van der Waals surface area (Å²) in [6.07, 6.45) is 3.10. The number of likely N-dealkylation sites (tertiary alicyclic amines) is 1. The second-order valence-corrected chi connectivity index (χ2v) is 6.79. The first-order valence-corrected chi connectivity index (χ1v) is 8.51. The lowest BCUT2D eigenvalue weighted by Crippen LogP contribution is -2.41. The first-order valence-electron chi connectivity index (χ1n) is 8.51. The van der Waals surface area contributed by atoms with Crippen LogP contribution in [0.5, 0.6) is 0 Å². The van der Waals surface area contributed by atoms with Crippen LogP contribution in [0.1, 0.15) is 58.3 Å². The average molecular weight is 306 g/mol. The lowest BCUT2D eigenvalue weighted by molar-refractivity contribution is -0.183. The summed E-state index contributed by atoms with van der Waals surface area (Å²) < 4.78 is 38.3. The third kappa shape index (κ3) is 5.44. The number of nitrogens with one attached hydrogen (secondary N) is 1. The Balaban J connectivity index is 1.62. The number of hydrogen-bond donors (Lipinski definition) is 1. The van der Waals surface area contributed by atoms with Crippen LogP contribution in [0.2, 0.25) is 0 Å². The smallest absolute Gasteiger partial charge is 0.314 e. The largest absolute Gasteiger partial charge is 0.391 e. The van der Waals surface area contributed by atoms with Crippen LogP contribution >= 0.6 is 0 Å². The van der Waals surface area contributed by atoms with Crippen molar-refractivity contribution in [3.05, 3.63) is 0 Å². The van der Waals surface area contributed by atoms with Crippen molar-refractivity contribution in [1.29, 1.82) is 0 Å². The van der Waals surface area contributed by atoms with Gasteiger partial charge < -0.3 is 10.2 Å². The van der Waals surface area contributed by atoms with E-state index in [1.807, 2.05) is 0 Å². The Hall–Kier alpha value is -0.290. The SMILES string of the molecule is CC1CCCCN1CCCNC1CCCC(C(F)(F)F)C1. The fourth-order valence-electron chi connectivity index (χ4n) is 3.75. The Labute approximate surface area is 126 Å². The molecule has 21 heavy (non-hydrogen) atoms. The second-order valence-electron chi connectivity index (χ2n) is 6.79. The molecule has 2 fully saturated rings. The monoisotopic (exact) mass is 306 g/mol. The van der Waals surface area contributed by atoms with Crippen LogP contribution in [0.15, 0.2) is 0 Å². The standard InChI is InChI=1S/C16H29F3N2/c1-13-6-2-3-10-21(13)11-5-9-20-15-8-4-7-14(12-15)16(17,18)19/h13-15,20H,2-12H2,1H3. The molecule has 1 saturated carbocycles. The van der Waals surface area contributed by atoms with Crippen LogP contribution in [0.25, 0.3) is 0 Å². The molecule has 5 heteroatoms. The van der Waals surface area contributed by atoms with E-state index in [4.69, 9.17) is 0 Å². The Bertz CT molecular complexity index is 306. The van der Waals surface area contributed by atoms with E-state index in [0.717, 1.165) is 25.9 Å². The predicted molar refractivity (Wildman–Crippen MR) is 79.3 cm³/mol. The number of rotatable bonds is 5. The summed E-state index contributed by atoms with van der Waals surface area (Å²) in [6, 6.07) is 0.729. The van der Waals surface area contributed by atoms with Crippen LogP contribution in [0.4, 0.5) is 13.2 Å². The van der Waals surface area contributed by atoms with E-state index in [2.05, 4.69) is 17.1 Å². The molecule has 124 valence electrons. The van der Waals surface area contributed by atoms with Gasteiger partial charge in [0.1, 0.15) is 0 Å². The van der Waals surface area contributed by atoms with Crippen molar-refractivity contribution < 1.29 is 13.2 Å². The predicted octanol–water partition coefficient (Wildman–Crippen LogP) is 3.96. The minimum Gasteiger partial charge on any atom is -0.314 e. The number of halogens is 3. The molecule has 3 unspecified atom stereocenters. The first kappa shape index (κ1) is 17.1. The van der Waals surface area contributed by atoms with Crippen molar-refractivity contribution in [2.75, 3.05) is 19.6 Å². The van der Waals surface area contributed by atoms with E-state index in [1.165, 1.54) is 25.8 Å². The molecule has 0 amide bonds. The minimum atomic E-state index is -4.01. The minimum absolute atomic E-state index is 0.0594. The van der Waals surface area contributed by atoms with Gasteiger partial charge >= 0.3 is 6.18 Å². The topological polar surface area (TPSA) is 15.3 Å². The molecule has 1 N–H and O–H groups in total. The highest BCUT2D eigenvalue weighted by Crippen LogP contribution is 2.37. The van der Waals surface area contributed by atoms with Gasteiger partial charge in [-0.25, -0.2) is 0 Å². The number of hydrogen-bond acceptors (Lipinski definition) is 2. The van der Waals surface area contributed by atoms with Gasteiger partial charge in [-0.2, -0.15) is 13.2 Å². The highest BCUT2D eigenvalue weighted by atomic mass is 19.4. The molecule has 0 radical (unpaired) electrons. The van der Waals surface area contributed by atoms with E-state index in [1.54, 1.807) is 0 Å². The zero-order valence-corrected chi connectivity index (χ0v) is 13.1. The maximum Gasteiger partial charge on any atom is 0.391 e. The van der Waals surface area contributed by atoms with Crippen molar-refractivity contribution in [3.8, 4) is 0 Å². The molecular formula is C16H29F3N2. The van der Waals surface area contributed by atoms with Crippen LogP contribution in [-0.4, -0.2) is 42.8 Å². The highest BCUT2D eigenvalue weighted by Gasteiger charge is 2.41. The van der Waals surface area contributed by atoms with E-state index in [9.17, 15) is 13.2 Å². The Morgan fingerprint density at radius 1 is 1.10 bits per heavy atom. The molecule has 2 aliphatic rings. The van der Waals surface area contributed by atoms with Crippen molar-refractivity contribution >= 4 is 0 Å². The van der Waals surface area contributed by atoms with Crippen LogP contribution in [-0.2, 0) is 0 Å². The molecule has 2 rings (SSSR count). The van der Waals surface area contributed by atoms with Gasteiger partial charge in [0.15, 0.2) is 0 Å². The van der Waals surface area contributed by atoms with Gasteiger partial charge in [-0.15, -0.1) is 0 Å². The Kier molecular flexibility index (Phi) is 6.35. The van der Waals surface area contributed by atoms with E-state index in [-0.39, 0.29) is 12.5 Å². The summed E-state index contributed by atoms with van der Waals surface area (Å²) in [6.45, 7) is 5.38. The molecule has 3 atom stereocenters. The fraction of sp³-hybridized carbons (Fsp3) is 1.00. The second kappa shape index (κ2) is 7.82. The average Bonchev–Trinajstić information content (AvgIpc) is 2.45. The van der Waals surface area contributed by atoms with Gasteiger partial charge in [-0.3, -0.25) is 0 Å². The van der Waals surface area contributed by atoms with Crippen molar-refractivity contribution in [2.24, 2.45) is 5.92 Å². The van der Waals surface area contributed by atoms with Gasteiger partial charge in [0, 0.05) is 12.1 Å². The molecule has 1 aliphatic carbocycles. The molecule has 0 spiro atoms. The maximum atomic E-state index is 12.8. The van der Waals surface area contributed by atoms with Crippen LogP contribution in [0.3, 0.4) is 0 Å². The molecule has 1 heterocycles. The molecule has 0 bridgehead atoms. The van der Waals surface area contributed by atoms with E-state index >= 15 is 0 Å². The number of alkyl halides is 3. The third-order valence-corrected chi connectivity index (χ3v) is 5.13. The quantitative estimate of drug-likeness (QED) is 0.773. The van der Waals surface area contributed by atoms with Gasteiger partial charge in [-0.05, 0) is 65.1 Å². The summed E-state index contributed by atoms with van der Waals surface area (Å²) >= 11 is 0. The highest BCUT2D eigenvalue weighted by molar-refractivity contribution is 4.82. The molecular weight excluding hydrogens is 277 g/mol. The van der Waals surface area contributed by atoms with Gasteiger partial charge in [0.05, 0.1) is 5.92 Å². The third-order valence-electron chi connectivity index (χ3n) is 5.13. The summed E-state index contributed by atoms with van der Waals surface area (Å²) in [5.74, 6) is -1.09. The Morgan fingerprint density at radius 2 is 1.90 bits per heavy atom. The molecule has 2 nitrogen and oxygen atoms in total. The van der Waals surface area contributed by atoms with E-state index < -0.39 is 12.1 Å². The zero-order valence-electron chi connectivity index (χ0n) is 13.1. The van der Waals surface area contributed by atoms with Crippen molar-refractivity contribution in [1.82, 2.24) is 10.2 Å². The lowest BCUT2D eigenvalue weighted by Gasteiger charge is -2.34.